The van der Waals surface area contributed by atoms with Crippen LogP contribution in [0.25, 0.3) is 5.69 Å². The molecular formula is C23H24BrN5O2. The molecule has 0 bridgehead atoms. The minimum absolute atomic E-state index is 0.0934. The number of rotatable bonds is 6. The minimum atomic E-state index is -0.510. The topological polar surface area (TPSA) is 95.1 Å². The average Bonchev–Trinajstić information content (AvgIpc) is 3.06. The number of primary amides is 1. The summed E-state index contributed by atoms with van der Waals surface area (Å²) >= 11 is 3.47. The van der Waals surface area contributed by atoms with E-state index in [1.807, 2.05) is 35.1 Å². The predicted molar refractivity (Wildman–Crippen MR) is 121 cm³/mol. The van der Waals surface area contributed by atoms with E-state index in [1.54, 1.807) is 18.3 Å². The Morgan fingerprint density at radius 2 is 1.97 bits per heavy atom. The van der Waals surface area contributed by atoms with Crippen LogP contribution >= 0.6 is 15.9 Å². The van der Waals surface area contributed by atoms with Gasteiger partial charge in [0.05, 0.1) is 23.3 Å². The van der Waals surface area contributed by atoms with Crippen LogP contribution in [0.4, 0.5) is 5.69 Å². The lowest BCUT2D eigenvalue weighted by Crippen LogP contribution is -2.56. The summed E-state index contributed by atoms with van der Waals surface area (Å²) in [5, 5.41) is 8.21. The first-order chi connectivity index (χ1) is 14.9. The highest BCUT2D eigenvalue weighted by atomic mass is 79.9. The number of hydrogen-bond acceptors (Lipinski definition) is 5. The van der Waals surface area contributed by atoms with Crippen LogP contribution in [-0.2, 0) is 0 Å². The quantitative estimate of drug-likeness (QED) is 0.548. The first-order valence-corrected chi connectivity index (χ1v) is 11.2. The maximum Gasteiger partial charge on any atom is 0.254 e. The second-order valence-corrected chi connectivity index (χ2v) is 9.57. The third-order valence-electron chi connectivity index (χ3n) is 6.44. The Morgan fingerprint density at radius 1 is 1.23 bits per heavy atom. The number of halogens is 1. The van der Waals surface area contributed by atoms with Crippen molar-refractivity contribution in [2.45, 2.75) is 44.8 Å². The maximum atomic E-state index is 11.5. The van der Waals surface area contributed by atoms with E-state index in [1.165, 1.54) is 0 Å². The SMILES string of the molecule is Cc1c(NC2CC3(C2)CC(Oc2ncccc2C(N)=O)C3)cnn1-c1ccc(Br)cc1. The number of ether oxygens (including phenoxy) is 1. The van der Waals surface area contributed by atoms with Crippen LogP contribution in [0.1, 0.15) is 41.7 Å². The van der Waals surface area contributed by atoms with E-state index >= 15 is 0 Å². The molecule has 0 aliphatic heterocycles. The fourth-order valence-corrected chi connectivity index (χ4v) is 5.12. The summed E-state index contributed by atoms with van der Waals surface area (Å²) < 4.78 is 8.97. The number of hydrogen-bond donors (Lipinski definition) is 2. The summed E-state index contributed by atoms with van der Waals surface area (Å²) in [5.41, 5.74) is 9.32. The van der Waals surface area contributed by atoms with Gasteiger partial charge in [0.1, 0.15) is 11.7 Å². The van der Waals surface area contributed by atoms with E-state index in [0.29, 0.717) is 22.9 Å². The number of benzene rings is 1. The monoisotopic (exact) mass is 481 g/mol. The molecule has 0 unspecified atom stereocenters. The van der Waals surface area contributed by atoms with E-state index in [9.17, 15) is 4.79 Å². The molecule has 2 aliphatic rings. The Labute approximate surface area is 189 Å². The van der Waals surface area contributed by atoms with Gasteiger partial charge in [-0.15, -0.1) is 0 Å². The third kappa shape index (κ3) is 3.80. The second kappa shape index (κ2) is 7.67. The van der Waals surface area contributed by atoms with E-state index < -0.39 is 5.91 Å². The Balaban J connectivity index is 1.15. The van der Waals surface area contributed by atoms with Gasteiger partial charge in [0.25, 0.3) is 5.91 Å². The van der Waals surface area contributed by atoms with Crippen LogP contribution in [0.2, 0.25) is 0 Å². The van der Waals surface area contributed by atoms with E-state index in [4.69, 9.17) is 10.5 Å². The number of nitrogens with two attached hydrogens (primary N) is 1. The van der Waals surface area contributed by atoms with Gasteiger partial charge >= 0.3 is 0 Å². The van der Waals surface area contributed by atoms with Crippen LogP contribution in [0.5, 0.6) is 5.88 Å². The zero-order valence-electron chi connectivity index (χ0n) is 17.2. The Kier molecular flexibility index (Phi) is 4.97. The molecule has 0 atom stereocenters. The molecule has 2 fully saturated rings. The van der Waals surface area contributed by atoms with Gasteiger partial charge in [-0.3, -0.25) is 4.79 Å². The first-order valence-electron chi connectivity index (χ1n) is 10.4. The van der Waals surface area contributed by atoms with Gasteiger partial charge in [0.2, 0.25) is 5.88 Å². The zero-order chi connectivity index (χ0) is 21.6. The lowest BCUT2D eigenvalue weighted by atomic mass is 9.53. The molecule has 160 valence electrons. The minimum Gasteiger partial charge on any atom is -0.474 e. The van der Waals surface area contributed by atoms with Crippen LogP contribution in [0.3, 0.4) is 0 Å². The lowest BCUT2D eigenvalue weighted by Gasteiger charge is -2.57. The van der Waals surface area contributed by atoms with Crippen molar-refractivity contribution in [1.29, 1.82) is 0 Å². The van der Waals surface area contributed by atoms with Gasteiger partial charge < -0.3 is 15.8 Å². The molecule has 31 heavy (non-hydrogen) atoms. The Hall–Kier alpha value is -2.87. The molecule has 0 saturated heterocycles. The summed E-state index contributed by atoms with van der Waals surface area (Å²) in [6, 6.07) is 11.9. The normalized spacial score (nSPS) is 24.3. The number of carbonyl (C=O) groups is 1. The molecule has 7 nitrogen and oxygen atoms in total. The van der Waals surface area contributed by atoms with Crippen LogP contribution in [0.15, 0.2) is 53.3 Å². The highest BCUT2D eigenvalue weighted by Gasteiger charge is 2.54. The molecule has 2 saturated carbocycles. The molecular weight excluding hydrogens is 458 g/mol. The number of carbonyl (C=O) groups excluding carboxylic acids is 1. The van der Waals surface area contributed by atoms with Gasteiger partial charge in [-0.25, -0.2) is 9.67 Å². The van der Waals surface area contributed by atoms with Crippen LogP contribution in [0, 0.1) is 12.3 Å². The number of nitrogens with one attached hydrogen (secondary N) is 1. The summed E-state index contributed by atoms with van der Waals surface area (Å²) in [5.74, 6) is -0.163. The number of amides is 1. The number of pyridine rings is 1. The summed E-state index contributed by atoms with van der Waals surface area (Å²) in [6.45, 7) is 2.09. The molecule has 1 spiro atoms. The molecule has 2 heterocycles. The van der Waals surface area contributed by atoms with Gasteiger partial charge in [-0.1, -0.05) is 15.9 Å². The average molecular weight is 482 g/mol. The standard InChI is InChI=1S/C23H24BrN5O2/c1-14-20(13-27-29(14)17-6-4-15(24)5-7-17)28-16-9-23(10-16)11-18(12-23)31-22-19(21(25)30)3-2-8-26-22/h2-8,13,16,18,28H,9-12H2,1H3,(H2,25,30). The molecule has 3 aromatic rings. The highest BCUT2D eigenvalue weighted by Crippen LogP contribution is 2.57. The maximum absolute atomic E-state index is 11.5. The number of aromatic nitrogens is 3. The summed E-state index contributed by atoms with van der Waals surface area (Å²) in [6.07, 6.45) is 7.81. The van der Waals surface area contributed by atoms with Gasteiger partial charge in [-0.2, -0.15) is 5.10 Å². The van der Waals surface area contributed by atoms with E-state index in [-0.39, 0.29) is 6.10 Å². The Morgan fingerprint density at radius 3 is 2.68 bits per heavy atom. The Bertz CT molecular complexity index is 1110. The molecule has 2 aromatic heterocycles. The zero-order valence-corrected chi connectivity index (χ0v) is 18.8. The van der Waals surface area contributed by atoms with Crippen molar-refractivity contribution in [3.63, 3.8) is 0 Å². The molecule has 3 N–H and O–H groups in total. The first kappa shape index (κ1) is 20.1. The molecule has 0 radical (unpaired) electrons. The molecule has 1 aromatic carbocycles. The summed E-state index contributed by atoms with van der Waals surface area (Å²) in [4.78, 5) is 15.7. The van der Waals surface area contributed by atoms with Crippen molar-refractivity contribution >= 4 is 27.5 Å². The predicted octanol–water partition coefficient (Wildman–Crippen LogP) is 4.24. The molecule has 1 amide bonds. The van der Waals surface area contributed by atoms with Crippen molar-refractivity contribution in [3.8, 4) is 11.6 Å². The number of nitrogens with zero attached hydrogens (tertiary/aromatic N) is 3. The third-order valence-corrected chi connectivity index (χ3v) is 6.96. The van der Waals surface area contributed by atoms with Gasteiger partial charge in [0.15, 0.2) is 0 Å². The van der Waals surface area contributed by atoms with Crippen molar-refractivity contribution in [3.05, 3.63) is 64.5 Å². The summed E-state index contributed by atoms with van der Waals surface area (Å²) in [7, 11) is 0. The van der Waals surface area contributed by atoms with Crippen molar-refractivity contribution < 1.29 is 9.53 Å². The fourth-order valence-electron chi connectivity index (χ4n) is 4.85. The van der Waals surface area contributed by atoms with Crippen molar-refractivity contribution in [1.82, 2.24) is 14.8 Å². The molecule has 5 rings (SSSR count). The smallest absolute Gasteiger partial charge is 0.254 e. The largest absolute Gasteiger partial charge is 0.474 e. The van der Waals surface area contributed by atoms with Crippen LogP contribution < -0.4 is 15.8 Å². The van der Waals surface area contributed by atoms with Crippen LogP contribution in [-0.4, -0.2) is 32.8 Å². The van der Waals surface area contributed by atoms with Crippen molar-refractivity contribution in [2.24, 2.45) is 11.1 Å². The van der Waals surface area contributed by atoms with E-state index in [0.717, 1.165) is 47.2 Å². The highest BCUT2D eigenvalue weighted by molar-refractivity contribution is 9.10. The van der Waals surface area contributed by atoms with Gasteiger partial charge in [0, 0.05) is 16.7 Å². The number of anilines is 1. The van der Waals surface area contributed by atoms with E-state index in [2.05, 4.69) is 38.3 Å². The van der Waals surface area contributed by atoms with Gasteiger partial charge in [-0.05, 0) is 74.4 Å². The molecule has 2 aliphatic carbocycles. The second-order valence-electron chi connectivity index (χ2n) is 8.65. The van der Waals surface area contributed by atoms with Crippen molar-refractivity contribution in [2.75, 3.05) is 5.32 Å². The lowest BCUT2D eigenvalue weighted by molar-refractivity contribution is -0.0759. The molecule has 8 heteroatoms. The fraction of sp³-hybridized carbons (Fsp3) is 0.348.